The van der Waals surface area contributed by atoms with Gasteiger partial charge in [-0.15, -0.1) is 0 Å². The highest BCUT2D eigenvalue weighted by Gasteiger charge is 2.66. The van der Waals surface area contributed by atoms with Crippen molar-refractivity contribution in [1.82, 2.24) is 0 Å². The van der Waals surface area contributed by atoms with Crippen LogP contribution in [0.3, 0.4) is 0 Å². The van der Waals surface area contributed by atoms with Crippen LogP contribution < -0.4 is 0 Å². The van der Waals surface area contributed by atoms with Gasteiger partial charge < -0.3 is 30.6 Å². The molecule has 9 heteroatoms. The van der Waals surface area contributed by atoms with Gasteiger partial charge in [-0.25, -0.2) is 0 Å². The standard InChI is InChI=1S/C14H24O9/c1-6(15)9(18)11(20)12(4,21)13(5,22)14(23,8(3)17)10(19)7(2)16/h9-11,18-23H,1-5H3/t9?,10?,11-,12-,13+,14-/m1/s1. The van der Waals surface area contributed by atoms with Crippen LogP contribution in [-0.4, -0.2) is 83.1 Å². The molecule has 0 aliphatic heterocycles. The molecule has 0 amide bonds. The van der Waals surface area contributed by atoms with Crippen LogP contribution in [0.25, 0.3) is 0 Å². The monoisotopic (exact) mass is 336 g/mol. The van der Waals surface area contributed by atoms with Crippen molar-refractivity contribution >= 4 is 17.3 Å². The van der Waals surface area contributed by atoms with E-state index in [1.807, 2.05) is 0 Å². The summed E-state index contributed by atoms with van der Waals surface area (Å²) in [5, 5.41) is 60.8. The molecule has 0 bridgehead atoms. The molecule has 134 valence electrons. The second-order valence-electron chi connectivity index (χ2n) is 6.06. The van der Waals surface area contributed by atoms with E-state index in [0.717, 1.165) is 27.7 Å². The van der Waals surface area contributed by atoms with Gasteiger partial charge in [-0.3, -0.25) is 14.4 Å². The summed E-state index contributed by atoms with van der Waals surface area (Å²) < 4.78 is 0. The molecule has 6 atom stereocenters. The third kappa shape index (κ3) is 3.35. The van der Waals surface area contributed by atoms with Gasteiger partial charge in [0, 0.05) is 0 Å². The Kier molecular flexibility index (Phi) is 6.36. The number of carbonyl (C=O) groups excluding carboxylic acids is 3. The summed E-state index contributed by atoms with van der Waals surface area (Å²) in [6.07, 6.45) is -6.87. The van der Waals surface area contributed by atoms with Crippen molar-refractivity contribution in [3.63, 3.8) is 0 Å². The Hall–Kier alpha value is -1.23. The minimum atomic E-state index is -3.19. The molecule has 0 radical (unpaired) electrons. The molecule has 2 unspecified atom stereocenters. The van der Waals surface area contributed by atoms with Crippen LogP contribution in [0.4, 0.5) is 0 Å². The first-order valence-electron chi connectivity index (χ1n) is 6.80. The molecule has 0 saturated carbocycles. The van der Waals surface area contributed by atoms with Gasteiger partial charge in [0.1, 0.15) is 23.4 Å². The molecular weight excluding hydrogens is 312 g/mol. The zero-order valence-electron chi connectivity index (χ0n) is 13.6. The van der Waals surface area contributed by atoms with Gasteiger partial charge in [0.2, 0.25) is 0 Å². The van der Waals surface area contributed by atoms with E-state index in [4.69, 9.17) is 0 Å². The van der Waals surface area contributed by atoms with Crippen molar-refractivity contribution in [3.8, 4) is 0 Å². The van der Waals surface area contributed by atoms with E-state index < -0.39 is 52.5 Å². The third-order valence-electron chi connectivity index (χ3n) is 4.34. The number of carbonyl (C=O) groups is 3. The maximum Gasteiger partial charge on any atom is 0.187 e. The normalized spacial score (nSPS) is 23.6. The molecule has 6 N–H and O–H groups in total. The molecule has 0 aromatic rings. The molecule has 0 spiro atoms. The second kappa shape index (κ2) is 6.71. The van der Waals surface area contributed by atoms with Crippen molar-refractivity contribution in [2.24, 2.45) is 0 Å². The molecule has 0 aromatic heterocycles. The highest BCUT2D eigenvalue weighted by Crippen LogP contribution is 2.39. The summed E-state index contributed by atoms with van der Waals surface area (Å²) >= 11 is 0. The lowest BCUT2D eigenvalue weighted by atomic mass is 9.65. The van der Waals surface area contributed by atoms with E-state index >= 15 is 0 Å². The van der Waals surface area contributed by atoms with Crippen molar-refractivity contribution in [1.29, 1.82) is 0 Å². The fourth-order valence-electron chi connectivity index (χ4n) is 2.30. The van der Waals surface area contributed by atoms with Crippen molar-refractivity contribution in [3.05, 3.63) is 0 Å². The average molecular weight is 336 g/mol. The summed E-state index contributed by atoms with van der Waals surface area (Å²) in [5.74, 6) is -3.30. The third-order valence-corrected chi connectivity index (χ3v) is 4.34. The zero-order chi connectivity index (χ0) is 19.0. The van der Waals surface area contributed by atoms with Crippen LogP contribution in [0.5, 0.6) is 0 Å². The van der Waals surface area contributed by atoms with E-state index in [0.29, 0.717) is 6.92 Å². The fourth-order valence-corrected chi connectivity index (χ4v) is 2.30. The van der Waals surface area contributed by atoms with Crippen molar-refractivity contribution in [2.75, 3.05) is 0 Å². The maximum atomic E-state index is 11.8. The molecular formula is C14H24O9. The van der Waals surface area contributed by atoms with Crippen LogP contribution in [0.1, 0.15) is 34.6 Å². The van der Waals surface area contributed by atoms with Crippen LogP contribution in [-0.2, 0) is 14.4 Å². The molecule has 0 fully saturated rings. The average Bonchev–Trinajstić information content (AvgIpc) is 2.42. The molecule has 0 saturated heterocycles. The summed E-state index contributed by atoms with van der Waals surface area (Å²) in [7, 11) is 0. The van der Waals surface area contributed by atoms with Gasteiger partial charge in [0.25, 0.3) is 0 Å². The topological polar surface area (TPSA) is 173 Å². The SMILES string of the molecule is CC(=O)C(O)[C@@H](O)[C@@](C)(O)[C@](C)(O)[C@@](O)(C(C)=O)C(O)C(C)=O. The lowest BCUT2D eigenvalue weighted by molar-refractivity contribution is -0.276. The fraction of sp³-hybridized carbons (Fsp3) is 0.786. The molecule has 0 aromatic carbocycles. The Morgan fingerprint density at radius 2 is 1.22 bits per heavy atom. The minimum absolute atomic E-state index is 0.691. The molecule has 9 nitrogen and oxygen atoms in total. The van der Waals surface area contributed by atoms with Gasteiger partial charge in [-0.05, 0) is 34.6 Å². The van der Waals surface area contributed by atoms with Gasteiger partial charge >= 0.3 is 0 Å². The summed E-state index contributed by atoms with van der Waals surface area (Å²) in [5.41, 5.74) is -9.05. The van der Waals surface area contributed by atoms with Crippen LogP contribution >= 0.6 is 0 Å². The first kappa shape index (κ1) is 21.8. The number of Topliss-reactive ketones (excluding diaryl/α,β-unsaturated/α-hetero) is 3. The smallest absolute Gasteiger partial charge is 0.187 e. The first-order chi connectivity index (χ1) is 10.1. The zero-order valence-corrected chi connectivity index (χ0v) is 13.6. The van der Waals surface area contributed by atoms with E-state index in [1.165, 1.54) is 0 Å². The van der Waals surface area contributed by atoms with Gasteiger partial charge in [-0.1, -0.05) is 0 Å². The number of ketones is 3. The van der Waals surface area contributed by atoms with Gasteiger partial charge in [-0.2, -0.15) is 0 Å². The Bertz CT molecular complexity index is 496. The Morgan fingerprint density at radius 3 is 1.48 bits per heavy atom. The van der Waals surface area contributed by atoms with Crippen LogP contribution in [0.15, 0.2) is 0 Å². The molecule has 23 heavy (non-hydrogen) atoms. The predicted octanol–water partition coefficient (Wildman–Crippen LogP) is -2.93. The van der Waals surface area contributed by atoms with Crippen LogP contribution in [0.2, 0.25) is 0 Å². The first-order valence-corrected chi connectivity index (χ1v) is 6.80. The Morgan fingerprint density at radius 1 is 0.826 bits per heavy atom. The maximum absolute atomic E-state index is 11.8. The van der Waals surface area contributed by atoms with Gasteiger partial charge in [0.05, 0.1) is 0 Å². The quantitative estimate of drug-likeness (QED) is 0.271. The molecule has 0 heterocycles. The molecule has 0 aliphatic rings. The number of aliphatic hydroxyl groups excluding tert-OH is 3. The highest BCUT2D eigenvalue weighted by molar-refractivity contribution is 5.95. The second-order valence-corrected chi connectivity index (χ2v) is 6.06. The number of aliphatic hydroxyl groups is 6. The number of hydrogen-bond donors (Lipinski definition) is 6. The molecule has 0 aliphatic carbocycles. The van der Waals surface area contributed by atoms with Crippen molar-refractivity contribution < 1.29 is 45.0 Å². The van der Waals surface area contributed by atoms with E-state index in [9.17, 15) is 45.0 Å². The largest absolute Gasteiger partial charge is 0.387 e. The summed E-state index contributed by atoms with van der Waals surface area (Å²) in [6, 6.07) is 0. The van der Waals surface area contributed by atoms with Gasteiger partial charge in [0.15, 0.2) is 29.1 Å². The predicted molar refractivity (Wildman–Crippen MR) is 76.3 cm³/mol. The summed E-state index contributed by atoms with van der Waals surface area (Å²) in [6.45, 7) is 3.93. The van der Waals surface area contributed by atoms with E-state index in [2.05, 4.69) is 0 Å². The molecule has 0 rings (SSSR count). The Balaban J connectivity index is 6.21. The van der Waals surface area contributed by atoms with E-state index in [-0.39, 0.29) is 0 Å². The highest BCUT2D eigenvalue weighted by atomic mass is 16.4. The van der Waals surface area contributed by atoms with Crippen LogP contribution in [0, 0.1) is 0 Å². The minimum Gasteiger partial charge on any atom is -0.387 e. The number of hydrogen-bond acceptors (Lipinski definition) is 9. The lowest BCUT2D eigenvalue weighted by Crippen LogP contribution is -2.77. The Labute approximate surface area is 133 Å². The van der Waals surface area contributed by atoms with Crippen molar-refractivity contribution in [2.45, 2.75) is 69.7 Å². The number of rotatable bonds is 8. The summed E-state index contributed by atoms with van der Waals surface area (Å²) in [4.78, 5) is 34.3. The lowest BCUT2D eigenvalue weighted by Gasteiger charge is -2.51. The van der Waals surface area contributed by atoms with E-state index in [1.54, 1.807) is 0 Å².